The van der Waals surface area contributed by atoms with Gasteiger partial charge in [0, 0.05) is 76.4 Å². The van der Waals surface area contributed by atoms with Crippen LogP contribution in [0, 0.1) is 6.57 Å². The molecule has 5 amide bonds. The number of aromatic nitrogens is 5. The molecule has 18 nitrogen and oxygen atoms in total. The average Bonchev–Trinajstić information content (AvgIpc) is 3.98. The molecule has 0 radical (unpaired) electrons. The Morgan fingerprint density at radius 2 is 1.69 bits per heavy atom. The highest BCUT2D eigenvalue weighted by Crippen LogP contribution is 2.36. The van der Waals surface area contributed by atoms with Crippen molar-refractivity contribution in [2.75, 3.05) is 68.0 Å². The molecule has 3 saturated heterocycles. The fourth-order valence-corrected chi connectivity index (χ4v) is 9.10. The third-order valence-corrected chi connectivity index (χ3v) is 12.4. The lowest BCUT2D eigenvalue weighted by atomic mass is 10.0. The number of anilines is 3. The van der Waals surface area contributed by atoms with Crippen molar-refractivity contribution in [3.05, 3.63) is 77.4 Å². The molecule has 59 heavy (non-hydrogen) atoms. The van der Waals surface area contributed by atoms with Gasteiger partial charge in [-0.05, 0) is 61.7 Å². The van der Waals surface area contributed by atoms with Gasteiger partial charge in [-0.2, -0.15) is 5.10 Å². The molecular formula is C40H39N13O5S. The maximum Gasteiger partial charge on any atom is 0.262 e. The number of carbonyl (C=O) groups is 5. The highest BCUT2D eigenvalue weighted by Gasteiger charge is 2.45. The van der Waals surface area contributed by atoms with Crippen molar-refractivity contribution in [2.45, 2.75) is 37.8 Å². The number of rotatable bonds is 9. The van der Waals surface area contributed by atoms with Crippen LogP contribution in [0.15, 0.2) is 54.9 Å². The van der Waals surface area contributed by atoms with Crippen LogP contribution in [0.2, 0.25) is 0 Å². The third-order valence-electron chi connectivity index (χ3n) is 11.4. The van der Waals surface area contributed by atoms with E-state index in [1.807, 2.05) is 31.3 Å². The SMILES string of the molecule is [C-]#[N+]c1cnn2c(-c3cc(NC)c(-c4nnc(N5CCC(NC(=O)CN6CCN(c7ccc8c(c7)C(=O)N(C7CCC(=O)NC7=O)C8=O)CC6)CC5)s4)cn3)ccc2c1. The molecule has 4 aromatic heterocycles. The lowest BCUT2D eigenvalue weighted by Gasteiger charge is -2.36. The predicted molar refractivity (Wildman–Crippen MR) is 218 cm³/mol. The summed E-state index contributed by atoms with van der Waals surface area (Å²) in [6.07, 6.45) is 5.07. The maximum atomic E-state index is 13.3. The van der Waals surface area contributed by atoms with Crippen LogP contribution in [0.3, 0.4) is 0 Å². The van der Waals surface area contributed by atoms with E-state index >= 15 is 0 Å². The van der Waals surface area contributed by atoms with Gasteiger partial charge >= 0.3 is 0 Å². The molecule has 0 spiro atoms. The molecule has 4 aliphatic rings. The Kier molecular flexibility index (Phi) is 9.94. The molecule has 8 heterocycles. The van der Waals surface area contributed by atoms with Crippen LogP contribution >= 0.6 is 11.3 Å². The number of carbonyl (C=O) groups excluding carboxylic acids is 5. The van der Waals surface area contributed by atoms with Crippen molar-refractivity contribution in [2.24, 2.45) is 0 Å². The highest BCUT2D eigenvalue weighted by molar-refractivity contribution is 7.18. The highest BCUT2D eigenvalue weighted by atomic mass is 32.1. The normalized spacial score (nSPS) is 18.9. The van der Waals surface area contributed by atoms with Gasteiger partial charge in [-0.15, -0.1) is 10.2 Å². The van der Waals surface area contributed by atoms with E-state index in [0.717, 1.165) is 74.8 Å². The lowest BCUT2D eigenvalue weighted by Crippen LogP contribution is -2.54. The van der Waals surface area contributed by atoms with E-state index in [1.54, 1.807) is 35.1 Å². The second-order valence-electron chi connectivity index (χ2n) is 14.9. The van der Waals surface area contributed by atoms with Gasteiger partial charge in [-0.1, -0.05) is 11.3 Å². The van der Waals surface area contributed by atoms with Crippen LogP contribution in [0.25, 0.3) is 32.3 Å². The number of piperidine rings is 2. The number of pyridine rings is 1. The summed E-state index contributed by atoms with van der Waals surface area (Å²) in [6.45, 7) is 11.6. The van der Waals surface area contributed by atoms with Crippen LogP contribution < -0.4 is 25.8 Å². The fourth-order valence-electron chi connectivity index (χ4n) is 8.18. The summed E-state index contributed by atoms with van der Waals surface area (Å²) in [7, 11) is 1.85. The van der Waals surface area contributed by atoms with Crippen LogP contribution in [-0.4, -0.2) is 129 Å². The molecule has 3 fully saturated rings. The van der Waals surface area contributed by atoms with Crippen molar-refractivity contribution in [1.82, 2.24) is 45.2 Å². The first-order chi connectivity index (χ1) is 28.7. The topological polar surface area (TPSA) is 195 Å². The Balaban J connectivity index is 0.750. The lowest BCUT2D eigenvalue weighted by molar-refractivity contribution is -0.136. The van der Waals surface area contributed by atoms with E-state index in [9.17, 15) is 24.0 Å². The van der Waals surface area contributed by atoms with Gasteiger partial charge in [0.05, 0.1) is 52.9 Å². The molecular weight excluding hydrogens is 775 g/mol. The minimum atomic E-state index is -1.00. The van der Waals surface area contributed by atoms with Crippen molar-refractivity contribution in [1.29, 1.82) is 0 Å². The number of benzene rings is 1. The number of hydrogen-bond donors (Lipinski definition) is 3. The predicted octanol–water partition coefficient (Wildman–Crippen LogP) is 2.82. The number of nitrogens with zero attached hydrogens (tertiary/aromatic N) is 10. The molecule has 4 aliphatic heterocycles. The monoisotopic (exact) mass is 813 g/mol. The molecule has 0 bridgehead atoms. The van der Waals surface area contributed by atoms with Crippen molar-refractivity contribution >= 4 is 68.6 Å². The zero-order valence-electron chi connectivity index (χ0n) is 32.1. The summed E-state index contributed by atoms with van der Waals surface area (Å²) in [5.41, 5.74) is 5.82. The summed E-state index contributed by atoms with van der Waals surface area (Å²) < 4.78 is 1.77. The maximum absolute atomic E-state index is 13.3. The Labute approximate surface area is 342 Å². The van der Waals surface area contributed by atoms with Gasteiger partial charge < -0.3 is 20.4 Å². The quantitative estimate of drug-likeness (QED) is 0.145. The number of nitrogens with one attached hydrogen (secondary N) is 3. The smallest absolute Gasteiger partial charge is 0.262 e. The Bertz CT molecular complexity index is 2570. The molecule has 1 atom stereocenters. The van der Waals surface area contributed by atoms with Crippen LogP contribution in [0.5, 0.6) is 0 Å². The van der Waals surface area contributed by atoms with Gasteiger partial charge in [0.15, 0.2) is 5.01 Å². The molecule has 1 aromatic carbocycles. The number of amides is 5. The summed E-state index contributed by atoms with van der Waals surface area (Å²) >= 11 is 1.50. The Hall–Kier alpha value is -6.78. The molecule has 0 saturated carbocycles. The first-order valence-electron chi connectivity index (χ1n) is 19.4. The second-order valence-corrected chi connectivity index (χ2v) is 15.9. The third kappa shape index (κ3) is 7.21. The van der Waals surface area contributed by atoms with E-state index in [0.29, 0.717) is 31.9 Å². The van der Waals surface area contributed by atoms with Gasteiger partial charge in [0.2, 0.25) is 28.5 Å². The van der Waals surface area contributed by atoms with E-state index in [2.05, 4.69) is 50.8 Å². The summed E-state index contributed by atoms with van der Waals surface area (Å²) in [4.78, 5) is 79.2. The average molecular weight is 814 g/mol. The fraction of sp³-hybridized carbons (Fsp3) is 0.350. The minimum Gasteiger partial charge on any atom is -0.387 e. The summed E-state index contributed by atoms with van der Waals surface area (Å²) in [5.74, 6) is -2.12. The first kappa shape index (κ1) is 37.8. The Morgan fingerprint density at radius 1 is 0.898 bits per heavy atom. The molecule has 0 aliphatic carbocycles. The van der Waals surface area contributed by atoms with Gasteiger partial charge in [0.1, 0.15) is 6.04 Å². The van der Waals surface area contributed by atoms with E-state index in [4.69, 9.17) is 11.6 Å². The van der Waals surface area contributed by atoms with Crippen LogP contribution in [0.4, 0.5) is 22.2 Å². The number of imide groups is 2. The molecule has 300 valence electrons. The van der Waals surface area contributed by atoms with E-state index in [-0.39, 0.29) is 42.5 Å². The van der Waals surface area contributed by atoms with Crippen molar-refractivity contribution < 1.29 is 24.0 Å². The zero-order valence-corrected chi connectivity index (χ0v) is 32.9. The number of hydrogen-bond acceptors (Lipinski definition) is 14. The number of piperazine rings is 1. The second kappa shape index (κ2) is 15.5. The van der Waals surface area contributed by atoms with Gasteiger partial charge in [0.25, 0.3) is 11.8 Å². The summed E-state index contributed by atoms with van der Waals surface area (Å²) in [6, 6.07) is 11.8. The van der Waals surface area contributed by atoms with Gasteiger partial charge in [-0.25, -0.2) is 9.36 Å². The molecule has 9 rings (SSSR count). The Morgan fingerprint density at radius 3 is 2.46 bits per heavy atom. The zero-order chi connectivity index (χ0) is 40.8. The first-order valence-corrected chi connectivity index (χ1v) is 20.2. The minimum absolute atomic E-state index is 0.0159. The van der Waals surface area contributed by atoms with Crippen molar-refractivity contribution in [3.63, 3.8) is 0 Å². The molecule has 1 unspecified atom stereocenters. The summed E-state index contributed by atoms with van der Waals surface area (Å²) in [5, 5.41) is 23.7. The van der Waals surface area contributed by atoms with Crippen molar-refractivity contribution in [3.8, 4) is 22.0 Å². The van der Waals surface area contributed by atoms with Crippen LogP contribution in [0.1, 0.15) is 46.4 Å². The standard InChI is InChI=1S/C40H39N13O5S/c1-41-24-17-26-4-6-32(53(26)44-20-24)31-19-30(42-2)29(21-43-31)37-47-48-40(59-37)51-11-9-23(10-12-51)45-35(55)22-49-13-15-50(16-14-49)25-3-5-27-28(18-25)39(58)52(38(27)57)33-7-8-34(54)46-36(33)56/h3-6,17-21,23,33H,7-16,22H2,2H3,(H,42,43)(H,45,55)(H,46,54,56). The van der Waals surface area contributed by atoms with Crippen LogP contribution in [-0.2, 0) is 14.4 Å². The van der Waals surface area contributed by atoms with E-state index < -0.39 is 29.7 Å². The number of fused-ring (bicyclic) bond motifs is 2. The largest absolute Gasteiger partial charge is 0.387 e. The van der Waals surface area contributed by atoms with Gasteiger partial charge in [-0.3, -0.25) is 44.1 Å². The molecule has 3 N–H and O–H groups in total. The molecule has 5 aromatic rings. The molecule has 19 heteroatoms. The van der Waals surface area contributed by atoms with E-state index in [1.165, 1.54) is 11.3 Å².